The fourth-order valence-corrected chi connectivity index (χ4v) is 0.123. The van der Waals surface area contributed by atoms with Gasteiger partial charge in [0.15, 0.2) is 0 Å². The van der Waals surface area contributed by atoms with E-state index in [-0.39, 0.29) is 0 Å². The van der Waals surface area contributed by atoms with Gasteiger partial charge in [-0.1, -0.05) is 12.5 Å². The molecule has 0 fully saturated rings. The van der Waals surface area contributed by atoms with E-state index in [2.05, 4.69) is 24.2 Å². The molecule has 0 N–H and O–H groups in total. The Bertz CT molecular complexity index is 115. The molecule has 0 rings (SSSR count). The van der Waals surface area contributed by atoms with Crippen LogP contribution in [0.1, 0.15) is 6.92 Å². The Morgan fingerprint density at radius 3 is 2.50 bits per heavy atom. The summed E-state index contributed by atoms with van der Waals surface area (Å²) in [5, 5.41) is 0. The van der Waals surface area contributed by atoms with Gasteiger partial charge in [0.1, 0.15) is 0 Å². The van der Waals surface area contributed by atoms with E-state index in [9.17, 15) is 0 Å². The summed E-state index contributed by atoms with van der Waals surface area (Å²) in [4.78, 5) is 0. The van der Waals surface area contributed by atoms with Gasteiger partial charge in [0, 0.05) is 6.08 Å². The molecule has 0 nitrogen and oxygen atoms in total. The van der Waals surface area contributed by atoms with Crippen molar-refractivity contribution in [2.75, 3.05) is 0 Å². The molecule has 0 saturated carbocycles. The summed E-state index contributed by atoms with van der Waals surface area (Å²) in [5.41, 5.74) is 2.52. The molecule has 0 spiro atoms. The molecule has 0 heteroatoms. The van der Waals surface area contributed by atoms with Crippen LogP contribution in [-0.2, 0) is 0 Å². The Kier molecular flexibility index (Phi) is 3.45. The van der Waals surface area contributed by atoms with Gasteiger partial charge in [-0.2, -0.15) is 0 Å². The molecule has 0 bridgehead atoms. The van der Waals surface area contributed by atoms with Crippen LogP contribution in [0.2, 0.25) is 0 Å². The van der Waals surface area contributed by atoms with Crippen LogP contribution in [0.5, 0.6) is 0 Å². The number of hydrogen-bond donors (Lipinski definition) is 0. The van der Waals surface area contributed by atoms with Gasteiger partial charge in [-0.3, -0.25) is 0 Å². The van der Waals surface area contributed by atoms with Crippen LogP contribution >= 0.6 is 0 Å². The summed E-state index contributed by atoms with van der Waals surface area (Å²) in [6.07, 6.45) is 1.58. The molecule has 0 aliphatic rings. The van der Waals surface area contributed by atoms with Gasteiger partial charge in [-0.15, -0.1) is 11.7 Å². The van der Waals surface area contributed by atoms with Crippen molar-refractivity contribution in [1.29, 1.82) is 0 Å². The van der Waals surface area contributed by atoms with Crippen molar-refractivity contribution in [3.05, 3.63) is 18.4 Å². The summed E-state index contributed by atoms with van der Waals surface area (Å²) in [6, 6.07) is 0. The van der Waals surface area contributed by atoms with E-state index in [1.54, 1.807) is 13.0 Å². The standard InChI is InChI=1S/C6H6/c1-3-5-6-4-2/h5H,1H2,2H3. The molecule has 30 valence electrons. The van der Waals surface area contributed by atoms with E-state index in [0.29, 0.717) is 0 Å². The number of rotatable bonds is 0. The summed E-state index contributed by atoms with van der Waals surface area (Å²) < 4.78 is 0. The Morgan fingerprint density at radius 1 is 1.67 bits per heavy atom. The van der Waals surface area contributed by atoms with Crippen LogP contribution in [0.15, 0.2) is 18.4 Å². The van der Waals surface area contributed by atoms with Crippen LogP contribution in [0.25, 0.3) is 0 Å². The highest BCUT2D eigenvalue weighted by Crippen LogP contribution is 1.54. The first kappa shape index (κ1) is 5.08. The predicted molar refractivity (Wildman–Crippen MR) is 27.2 cm³/mol. The lowest BCUT2D eigenvalue weighted by Crippen LogP contribution is -1.37. The van der Waals surface area contributed by atoms with Crippen LogP contribution in [0.4, 0.5) is 0 Å². The van der Waals surface area contributed by atoms with Gasteiger partial charge in [0.05, 0.1) is 0 Å². The zero-order valence-corrected chi connectivity index (χ0v) is 3.78. The molecule has 0 aromatic carbocycles. The van der Waals surface area contributed by atoms with Crippen LogP contribution in [0, 0.1) is 11.8 Å². The Morgan fingerprint density at radius 2 is 2.33 bits per heavy atom. The number of hydrogen-bond acceptors (Lipinski definition) is 0. The van der Waals surface area contributed by atoms with E-state index >= 15 is 0 Å². The van der Waals surface area contributed by atoms with E-state index in [4.69, 9.17) is 0 Å². The van der Waals surface area contributed by atoms with E-state index < -0.39 is 0 Å². The second kappa shape index (κ2) is 4.08. The molecular formula is C6H6. The van der Waals surface area contributed by atoms with Gasteiger partial charge in [0.25, 0.3) is 0 Å². The van der Waals surface area contributed by atoms with Crippen molar-refractivity contribution in [1.82, 2.24) is 0 Å². The quantitative estimate of drug-likeness (QED) is 0.303. The highest BCUT2D eigenvalue weighted by atomic mass is 13.5. The normalized spacial score (nSPS) is 4.17. The molecule has 0 aliphatic carbocycles. The maximum absolute atomic E-state index is 3.32. The molecular weight excluding hydrogens is 72.1 g/mol. The first-order valence-corrected chi connectivity index (χ1v) is 1.68. The molecule has 0 unspecified atom stereocenters. The van der Waals surface area contributed by atoms with Crippen molar-refractivity contribution < 1.29 is 0 Å². The van der Waals surface area contributed by atoms with Gasteiger partial charge in [0.2, 0.25) is 0 Å². The molecule has 0 aromatic heterocycles. The Labute approximate surface area is 38.2 Å². The zero-order valence-electron chi connectivity index (χ0n) is 3.78. The largest absolute Gasteiger partial charge is 0.120 e. The third kappa shape index (κ3) is 3.08. The number of allylic oxidation sites excluding steroid dienone is 1. The van der Waals surface area contributed by atoms with Crippen LogP contribution < -0.4 is 0 Å². The first-order chi connectivity index (χ1) is 2.91. The lowest BCUT2D eigenvalue weighted by atomic mass is 10.6. The van der Waals surface area contributed by atoms with Gasteiger partial charge >= 0.3 is 0 Å². The molecule has 0 atom stereocenters. The molecule has 0 radical (unpaired) electrons. The minimum Gasteiger partial charge on any atom is -0.120 e. The third-order valence-electron chi connectivity index (χ3n) is 0.319. The van der Waals surface area contributed by atoms with Gasteiger partial charge < -0.3 is 0 Å². The van der Waals surface area contributed by atoms with E-state index in [0.717, 1.165) is 0 Å². The third-order valence-corrected chi connectivity index (χ3v) is 0.319. The molecule has 0 aromatic rings. The Hall–Kier alpha value is -0.920. The van der Waals surface area contributed by atoms with Crippen molar-refractivity contribution in [3.8, 4) is 11.8 Å². The van der Waals surface area contributed by atoms with Crippen molar-refractivity contribution in [3.63, 3.8) is 0 Å². The SMILES string of the molecule is C=C=CC#CC. The second-order valence-corrected chi connectivity index (χ2v) is 0.743. The van der Waals surface area contributed by atoms with Crippen molar-refractivity contribution in [2.24, 2.45) is 0 Å². The molecule has 0 aliphatic heterocycles. The van der Waals surface area contributed by atoms with Gasteiger partial charge in [-0.25, -0.2) is 0 Å². The molecule has 6 heavy (non-hydrogen) atoms. The maximum Gasteiger partial charge on any atom is 0.0295 e. The highest BCUT2D eigenvalue weighted by molar-refractivity contribution is 5.11. The van der Waals surface area contributed by atoms with E-state index in [1.807, 2.05) is 0 Å². The Balaban J connectivity index is 3.53. The summed E-state index contributed by atoms with van der Waals surface area (Å²) in [7, 11) is 0. The minimum absolute atomic E-state index is 1.58. The summed E-state index contributed by atoms with van der Waals surface area (Å²) in [6.45, 7) is 5.09. The topological polar surface area (TPSA) is 0 Å². The molecule has 0 saturated heterocycles. The monoisotopic (exact) mass is 78.0 g/mol. The zero-order chi connectivity index (χ0) is 4.83. The predicted octanol–water partition coefficient (Wildman–Crippen LogP) is 1.35. The maximum atomic E-state index is 3.32. The minimum atomic E-state index is 1.58. The molecule has 0 amide bonds. The lowest BCUT2D eigenvalue weighted by molar-refractivity contribution is 1.91. The lowest BCUT2D eigenvalue weighted by Gasteiger charge is -1.49. The van der Waals surface area contributed by atoms with Crippen molar-refractivity contribution >= 4 is 0 Å². The first-order valence-electron chi connectivity index (χ1n) is 1.68. The average Bonchev–Trinajstić information content (AvgIpc) is 1.61. The van der Waals surface area contributed by atoms with Crippen molar-refractivity contribution in [2.45, 2.75) is 6.92 Å². The smallest absolute Gasteiger partial charge is 0.0295 e. The molecule has 0 heterocycles. The average molecular weight is 78.1 g/mol. The van der Waals surface area contributed by atoms with Crippen LogP contribution in [0.3, 0.4) is 0 Å². The van der Waals surface area contributed by atoms with Crippen LogP contribution in [-0.4, -0.2) is 0 Å². The van der Waals surface area contributed by atoms with Gasteiger partial charge in [-0.05, 0) is 6.92 Å². The van der Waals surface area contributed by atoms with E-state index in [1.165, 1.54) is 0 Å². The highest BCUT2D eigenvalue weighted by Gasteiger charge is 1.41. The fraction of sp³-hybridized carbons (Fsp3) is 0.167. The second-order valence-electron chi connectivity index (χ2n) is 0.743. The summed E-state index contributed by atoms with van der Waals surface area (Å²) >= 11 is 0. The fourth-order valence-electron chi connectivity index (χ4n) is 0.123. The summed E-state index contributed by atoms with van der Waals surface area (Å²) in [5.74, 6) is 5.31.